The van der Waals surface area contributed by atoms with E-state index in [-0.39, 0.29) is 12.4 Å². The highest BCUT2D eigenvalue weighted by molar-refractivity contribution is 7.90. The van der Waals surface area contributed by atoms with E-state index >= 15 is 0 Å². The molecule has 5 heteroatoms. The fourth-order valence-corrected chi connectivity index (χ4v) is 0.630. The number of nitrogens with zero attached hydrogens (tertiary/aromatic N) is 1. The van der Waals surface area contributed by atoms with Crippen LogP contribution in [0.3, 0.4) is 0 Å². The first-order valence-corrected chi connectivity index (χ1v) is 4.38. The molecular weight excluding hydrogens is 142 g/mol. The highest BCUT2D eigenvalue weighted by atomic mass is 32.2. The Morgan fingerprint density at radius 2 is 2.22 bits per heavy atom. The second-order valence-electron chi connectivity index (χ2n) is 1.59. The molecule has 4 nitrogen and oxygen atoms in total. The summed E-state index contributed by atoms with van der Waals surface area (Å²) in [6, 6.07) is 0. The van der Waals surface area contributed by atoms with Gasteiger partial charge in [-0.25, -0.2) is 8.42 Å². The largest absolute Gasteiger partial charge is 0.395 e. The van der Waals surface area contributed by atoms with Crippen molar-refractivity contribution in [3.05, 3.63) is 0 Å². The second kappa shape index (κ2) is 3.45. The third kappa shape index (κ3) is 7.42. The summed E-state index contributed by atoms with van der Waals surface area (Å²) in [4.78, 5) is 4.34. The van der Waals surface area contributed by atoms with Crippen LogP contribution >= 0.6 is 0 Å². The minimum absolute atomic E-state index is 0.00792. The Bertz CT molecular complexity index is 172. The maximum Gasteiger partial charge on any atom is 0.150 e. The van der Waals surface area contributed by atoms with Crippen molar-refractivity contribution in [1.82, 2.24) is 0 Å². The molecule has 0 saturated carbocycles. The SMILES string of the molecule is C=NOCCS(C)(=O)=O. The molecule has 0 aromatic heterocycles. The van der Waals surface area contributed by atoms with Crippen LogP contribution in [0, 0.1) is 0 Å². The van der Waals surface area contributed by atoms with Crippen molar-refractivity contribution in [3.8, 4) is 0 Å². The molecule has 9 heavy (non-hydrogen) atoms. The van der Waals surface area contributed by atoms with E-state index in [9.17, 15) is 8.42 Å². The number of sulfone groups is 1. The first kappa shape index (κ1) is 8.42. The standard InChI is InChI=1S/C4H9NO3S/c1-5-8-3-4-9(2,6)7/h1,3-4H2,2H3. The summed E-state index contributed by atoms with van der Waals surface area (Å²) in [5.41, 5.74) is 0. The number of rotatable bonds is 4. The zero-order chi connectivity index (χ0) is 7.33. The van der Waals surface area contributed by atoms with E-state index in [4.69, 9.17) is 0 Å². The Morgan fingerprint density at radius 3 is 2.56 bits per heavy atom. The van der Waals surface area contributed by atoms with Gasteiger partial charge >= 0.3 is 0 Å². The molecule has 0 aliphatic rings. The number of hydrogen-bond donors (Lipinski definition) is 0. The van der Waals surface area contributed by atoms with Crippen LogP contribution in [-0.4, -0.2) is 33.8 Å². The minimum atomic E-state index is -2.91. The Labute approximate surface area is 54.4 Å². The van der Waals surface area contributed by atoms with Crippen LogP contribution in [0.4, 0.5) is 0 Å². The van der Waals surface area contributed by atoms with Crippen LogP contribution in [0.25, 0.3) is 0 Å². The van der Waals surface area contributed by atoms with Crippen molar-refractivity contribution in [2.24, 2.45) is 5.16 Å². The third-order valence-electron chi connectivity index (χ3n) is 0.637. The van der Waals surface area contributed by atoms with Crippen molar-refractivity contribution in [2.75, 3.05) is 18.6 Å². The van der Waals surface area contributed by atoms with Crippen LogP contribution in [-0.2, 0) is 14.7 Å². The van der Waals surface area contributed by atoms with Crippen LogP contribution in [0.1, 0.15) is 0 Å². The molecule has 0 aromatic rings. The van der Waals surface area contributed by atoms with Gasteiger partial charge in [0.1, 0.15) is 6.61 Å². The van der Waals surface area contributed by atoms with Gasteiger partial charge in [0.25, 0.3) is 0 Å². The van der Waals surface area contributed by atoms with E-state index in [2.05, 4.69) is 16.7 Å². The molecule has 0 spiro atoms. The van der Waals surface area contributed by atoms with E-state index in [1.165, 1.54) is 0 Å². The van der Waals surface area contributed by atoms with E-state index in [1.807, 2.05) is 0 Å². The predicted molar refractivity (Wildman–Crippen MR) is 35.2 cm³/mol. The van der Waals surface area contributed by atoms with Gasteiger partial charge in [0.2, 0.25) is 0 Å². The Hall–Kier alpha value is -0.580. The third-order valence-corrected chi connectivity index (χ3v) is 1.54. The van der Waals surface area contributed by atoms with Gasteiger partial charge in [-0.2, -0.15) is 0 Å². The minimum Gasteiger partial charge on any atom is -0.395 e. The van der Waals surface area contributed by atoms with Gasteiger partial charge in [-0.05, 0) is 0 Å². The van der Waals surface area contributed by atoms with Crippen LogP contribution in [0.2, 0.25) is 0 Å². The maximum atomic E-state index is 10.4. The molecule has 0 saturated heterocycles. The Kier molecular flexibility index (Phi) is 3.22. The van der Waals surface area contributed by atoms with Crippen molar-refractivity contribution < 1.29 is 13.3 Å². The molecule has 0 heterocycles. The second-order valence-corrected chi connectivity index (χ2v) is 3.85. The lowest BCUT2D eigenvalue weighted by atomic mass is 10.9. The van der Waals surface area contributed by atoms with Crippen molar-refractivity contribution >= 4 is 16.6 Å². The van der Waals surface area contributed by atoms with Gasteiger partial charge in [-0.1, -0.05) is 0 Å². The molecule has 0 aliphatic heterocycles. The molecule has 0 radical (unpaired) electrons. The van der Waals surface area contributed by atoms with Crippen molar-refractivity contribution in [1.29, 1.82) is 0 Å². The van der Waals surface area contributed by atoms with Gasteiger partial charge < -0.3 is 4.84 Å². The summed E-state index contributed by atoms with van der Waals surface area (Å²) in [6.45, 7) is 3.10. The molecule has 54 valence electrons. The lowest BCUT2D eigenvalue weighted by Crippen LogP contribution is -2.07. The van der Waals surface area contributed by atoms with Gasteiger partial charge in [0.15, 0.2) is 9.84 Å². The normalized spacial score (nSPS) is 10.8. The van der Waals surface area contributed by atoms with Crippen LogP contribution < -0.4 is 0 Å². The molecule has 0 amide bonds. The topological polar surface area (TPSA) is 55.7 Å². The lowest BCUT2D eigenvalue weighted by Gasteiger charge is -1.94. The molecule has 0 atom stereocenters. The van der Waals surface area contributed by atoms with Crippen LogP contribution in [0.15, 0.2) is 5.16 Å². The summed E-state index contributed by atoms with van der Waals surface area (Å²) in [7, 11) is -2.91. The summed E-state index contributed by atoms with van der Waals surface area (Å²) in [5.74, 6) is -0.00792. The van der Waals surface area contributed by atoms with E-state index in [0.29, 0.717) is 0 Å². The van der Waals surface area contributed by atoms with E-state index < -0.39 is 9.84 Å². The van der Waals surface area contributed by atoms with Crippen molar-refractivity contribution in [2.45, 2.75) is 0 Å². The molecule has 0 N–H and O–H groups in total. The van der Waals surface area contributed by atoms with Gasteiger partial charge in [0.05, 0.1) is 5.75 Å². The van der Waals surface area contributed by atoms with Gasteiger partial charge in [0, 0.05) is 13.0 Å². The zero-order valence-corrected chi connectivity index (χ0v) is 6.02. The van der Waals surface area contributed by atoms with Crippen LogP contribution in [0.5, 0.6) is 0 Å². The zero-order valence-electron chi connectivity index (χ0n) is 5.20. The fourth-order valence-electron chi connectivity index (χ4n) is 0.253. The Balaban J connectivity index is 3.40. The molecule has 0 bridgehead atoms. The average molecular weight is 151 g/mol. The highest BCUT2D eigenvalue weighted by Gasteiger charge is 1.99. The maximum absolute atomic E-state index is 10.4. The molecular formula is C4H9NO3S. The fraction of sp³-hybridized carbons (Fsp3) is 0.750. The highest BCUT2D eigenvalue weighted by Crippen LogP contribution is 1.82. The van der Waals surface area contributed by atoms with Gasteiger partial charge in [-0.15, -0.1) is 5.16 Å². The smallest absolute Gasteiger partial charge is 0.150 e. The summed E-state index contributed by atoms with van der Waals surface area (Å²) in [5, 5.41) is 3.02. The molecule has 0 unspecified atom stereocenters. The van der Waals surface area contributed by atoms with Crippen molar-refractivity contribution in [3.63, 3.8) is 0 Å². The first-order valence-electron chi connectivity index (χ1n) is 2.32. The first-order chi connectivity index (χ1) is 4.06. The van der Waals surface area contributed by atoms with E-state index in [1.54, 1.807) is 0 Å². The lowest BCUT2D eigenvalue weighted by molar-refractivity contribution is 0.163. The number of oxime groups is 1. The quantitative estimate of drug-likeness (QED) is 0.314. The predicted octanol–water partition coefficient (Wildman–Crippen LogP) is -0.337. The Morgan fingerprint density at radius 1 is 1.67 bits per heavy atom. The van der Waals surface area contributed by atoms with E-state index in [0.717, 1.165) is 6.26 Å². The summed E-state index contributed by atoms with van der Waals surface area (Å²) in [6.07, 6.45) is 1.14. The summed E-state index contributed by atoms with van der Waals surface area (Å²) >= 11 is 0. The number of hydrogen-bond acceptors (Lipinski definition) is 4. The summed E-state index contributed by atoms with van der Waals surface area (Å²) < 4.78 is 20.7. The molecule has 0 rings (SSSR count). The van der Waals surface area contributed by atoms with Gasteiger partial charge in [-0.3, -0.25) is 0 Å². The average Bonchev–Trinajstić information content (AvgIpc) is 1.63. The molecule has 0 aromatic carbocycles. The monoisotopic (exact) mass is 151 g/mol. The molecule has 0 fully saturated rings. The molecule has 0 aliphatic carbocycles.